The first-order valence-corrected chi connectivity index (χ1v) is 6.86. The summed E-state index contributed by atoms with van der Waals surface area (Å²) in [7, 11) is 0. The molecule has 3 nitrogen and oxygen atoms in total. The maximum Gasteiger partial charge on any atom is 0.188 e. The van der Waals surface area contributed by atoms with Crippen molar-refractivity contribution in [3.05, 3.63) is 22.4 Å². The van der Waals surface area contributed by atoms with E-state index in [4.69, 9.17) is 5.73 Å². The smallest absolute Gasteiger partial charge is 0.188 e. The van der Waals surface area contributed by atoms with Gasteiger partial charge in [0.15, 0.2) is 5.96 Å². The minimum absolute atomic E-state index is 0.560. The molecule has 2 rings (SSSR count). The van der Waals surface area contributed by atoms with Gasteiger partial charge < -0.3 is 11.1 Å². The van der Waals surface area contributed by atoms with Gasteiger partial charge in [0.25, 0.3) is 0 Å². The number of guanidine groups is 1. The average molecular weight is 237 g/mol. The lowest BCUT2D eigenvalue weighted by atomic mass is 10.2. The first-order chi connectivity index (χ1) is 7.84. The van der Waals surface area contributed by atoms with Gasteiger partial charge in [0.2, 0.25) is 0 Å². The molecular formula is C12H19N3S. The molecule has 1 aliphatic rings. The number of thiophene rings is 1. The Balaban J connectivity index is 1.69. The van der Waals surface area contributed by atoms with Crippen LogP contribution >= 0.6 is 11.3 Å². The Kier molecular flexibility index (Phi) is 4.22. The number of nitrogens with two attached hydrogens (primary N) is 1. The third-order valence-electron chi connectivity index (χ3n) is 2.97. The summed E-state index contributed by atoms with van der Waals surface area (Å²) in [5.74, 6) is 0.613. The molecule has 1 fully saturated rings. The number of hydrogen-bond acceptors (Lipinski definition) is 2. The molecule has 1 aromatic rings. The van der Waals surface area contributed by atoms with Crippen molar-refractivity contribution < 1.29 is 0 Å². The summed E-state index contributed by atoms with van der Waals surface area (Å²) >= 11 is 1.73. The summed E-state index contributed by atoms with van der Waals surface area (Å²) in [6, 6.07) is 2.70. The van der Waals surface area contributed by atoms with Crippen LogP contribution in [-0.2, 0) is 6.42 Å². The molecule has 0 radical (unpaired) electrons. The zero-order valence-corrected chi connectivity index (χ0v) is 10.3. The number of nitrogens with zero attached hydrogens (tertiary/aromatic N) is 1. The van der Waals surface area contributed by atoms with Gasteiger partial charge in [0.1, 0.15) is 0 Å². The van der Waals surface area contributed by atoms with E-state index in [2.05, 4.69) is 27.1 Å². The Labute approximate surface area is 101 Å². The normalized spacial score (nSPS) is 17.9. The lowest BCUT2D eigenvalue weighted by molar-refractivity contribution is 0.625. The summed E-state index contributed by atoms with van der Waals surface area (Å²) < 4.78 is 0. The second-order valence-electron chi connectivity index (χ2n) is 4.27. The monoisotopic (exact) mass is 237 g/mol. The van der Waals surface area contributed by atoms with E-state index in [0.717, 1.165) is 13.0 Å². The van der Waals surface area contributed by atoms with E-state index < -0.39 is 0 Å². The van der Waals surface area contributed by atoms with Crippen LogP contribution in [0.2, 0.25) is 0 Å². The number of hydrogen-bond donors (Lipinski definition) is 2. The molecule has 0 saturated heterocycles. The molecule has 1 saturated carbocycles. The maximum atomic E-state index is 5.83. The minimum Gasteiger partial charge on any atom is -0.370 e. The highest BCUT2D eigenvalue weighted by Crippen LogP contribution is 2.17. The highest BCUT2D eigenvalue weighted by Gasteiger charge is 2.14. The lowest BCUT2D eigenvalue weighted by Crippen LogP contribution is -2.38. The average Bonchev–Trinajstić information content (AvgIpc) is 2.90. The first-order valence-electron chi connectivity index (χ1n) is 5.92. The Hall–Kier alpha value is -1.03. The SMILES string of the molecule is NC(=NCCc1ccsc1)NC1CCCC1. The predicted molar refractivity (Wildman–Crippen MR) is 69.9 cm³/mol. The molecule has 0 spiro atoms. The number of rotatable bonds is 4. The molecule has 0 unspecified atom stereocenters. The lowest BCUT2D eigenvalue weighted by Gasteiger charge is -2.11. The van der Waals surface area contributed by atoms with Crippen LogP contribution in [0.1, 0.15) is 31.2 Å². The Bertz CT molecular complexity index is 326. The van der Waals surface area contributed by atoms with E-state index in [0.29, 0.717) is 12.0 Å². The van der Waals surface area contributed by atoms with Crippen molar-refractivity contribution in [2.75, 3.05) is 6.54 Å². The van der Waals surface area contributed by atoms with Crippen LogP contribution < -0.4 is 11.1 Å². The summed E-state index contributed by atoms with van der Waals surface area (Å²) in [6.45, 7) is 0.780. The van der Waals surface area contributed by atoms with Crippen molar-refractivity contribution in [3.63, 3.8) is 0 Å². The van der Waals surface area contributed by atoms with Crippen molar-refractivity contribution >= 4 is 17.3 Å². The molecule has 0 aromatic carbocycles. The van der Waals surface area contributed by atoms with Gasteiger partial charge in [-0.3, -0.25) is 4.99 Å². The third kappa shape index (κ3) is 3.52. The molecule has 0 atom stereocenters. The molecule has 4 heteroatoms. The van der Waals surface area contributed by atoms with Crippen LogP contribution in [0.3, 0.4) is 0 Å². The molecule has 1 aliphatic carbocycles. The highest BCUT2D eigenvalue weighted by molar-refractivity contribution is 7.07. The predicted octanol–water partition coefficient (Wildman–Crippen LogP) is 2.14. The molecule has 0 amide bonds. The second kappa shape index (κ2) is 5.89. The fraction of sp³-hybridized carbons (Fsp3) is 0.583. The van der Waals surface area contributed by atoms with Crippen molar-refractivity contribution in [1.29, 1.82) is 0 Å². The van der Waals surface area contributed by atoms with Crippen LogP contribution in [0.5, 0.6) is 0 Å². The van der Waals surface area contributed by atoms with E-state index in [1.54, 1.807) is 11.3 Å². The standard InChI is InChI=1S/C12H19N3S/c13-12(15-11-3-1-2-4-11)14-7-5-10-6-8-16-9-10/h6,8-9,11H,1-5,7H2,(H3,13,14,15). The quantitative estimate of drug-likeness (QED) is 0.622. The topological polar surface area (TPSA) is 50.4 Å². The summed E-state index contributed by atoms with van der Waals surface area (Å²) in [5, 5.41) is 7.55. The van der Waals surface area contributed by atoms with Crippen LogP contribution in [0.4, 0.5) is 0 Å². The van der Waals surface area contributed by atoms with Crippen LogP contribution in [0, 0.1) is 0 Å². The molecular weight excluding hydrogens is 218 g/mol. The molecule has 3 N–H and O–H groups in total. The molecule has 88 valence electrons. The number of aliphatic imine (C=N–C) groups is 1. The minimum atomic E-state index is 0.560. The van der Waals surface area contributed by atoms with Crippen molar-refractivity contribution in [1.82, 2.24) is 5.32 Å². The zero-order valence-electron chi connectivity index (χ0n) is 9.48. The summed E-state index contributed by atoms with van der Waals surface area (Å²) in [6.07, 6.45) is 6.09. The van der Waals surface area contributed by atoms with Crippen LogP contribution in [-0.4, -0.2) is 18.5 Å². The Morgan fingerprint density at radius 1 is 1.50 bits per heavy atom. The van der Waals surface area contributed by atoms with Gasteiger partial charge in [-0.05, 0) is 41.7 Å². The zero-order chi connectivity index (χ0) is 11.2. The third-order valence-corrected chi connectivity index (χ3v) is 3.70. The van der Waals surface area contributed by atoms with E-state index in [9.17, 15) is 0 Å². The van der Waals surface area contributed by atoms with Crippen LogP contribution in [0.15, 0.2) is 21.8 Å². The van der Waals surface area contributed by atoms with E-state index in [1.165, 1.54) is 31.2 Å². The van der Waals surface area contributed by atoms with E-state index in [-0.39, 0.29) is 0 Å². The summed E-state index contributed by atoms with van der Waals surface area (Å²) in [4.78, 5) is 4.35. The molecule has 1 heterocycles. The van der Waals surface area contributed by atoms with Gasteiger partial charge in [-0.25, -0.2) is 0 Å². The largest absolute Gasteiger partial charge is 0.370 e. The molecule has 0 aliphatic heterocycles. The van der Waals surface area contributed by atoms with Gasteiger partial charge >= 0.3 is 0 Å². The van der Waals surface area contributed by atoms with Gasteiger partial charge in [-0.1, -0.05) is 12.8 Å². The van der Waals surface area contributed by atoms with Gasteiger partial charge in [0.05, 0.1) is 0 Å². The first kappa shape index (κ1) is 11.5. The van der Waals surface area contributed by atoms with Gasteiger partial charge in [-0.15, -0.1) is 0 Å². The van der Waals surface area contributed by atoms with Crippen molar-refractivity contribution in [3.8, 4) is 0 Å². The number of nitrogens with one attached hydrogen (secondary N) is 1. The van der Waals surface area contributed by atoms with E-state index in [1.807, 2.05) is 0 Å². The Morgan fingerprint density at radius 2 is 2.31 bits per heavy atom. The fourth-order valence-corrected chi connectivity index (χ4v) is 2.77. The van der Waals surface area contributed by atoms with Crippen LogP contribution in [0.25, 0.3) is 0 Å². The molecule has 0 bridgehead atoms. The van der Waals surface area contributed by atoms with Crippen molar-refractivity contribution in [2.45, 2.75) is 38.1 Å². The van der Waals surface area contributed by atoms with Crippen molar-refractivity contribution in [2.24, 2.45) is 10.7 Å². The van der Waals surface area contributed by atoms with Gasteiger partial charge in [0, 0.05) is 12.6 Å². The maximum absolute atomic E-state index is 5.83. The highest BCUT2D eigenvalue weighted by atomic mass is 32.1. The van der Waals surface area contributed by atoms with E-state index >= 15 is 0 Å². The fourth-order valence-electron chi connectivity index (χ4n) is 2.07. The second-order valence-corrected chi connectivity index (χ2v) is 5.05. The van der Waals surface area contributed by atoms with Gasteiger partial charge in [-0.2, -0.15) is 11.3 Å². The molecule has 16 heavy (non-hydrogen) atoms. The molecule has 1 aromatic heterocycles. The summed E-state index contributed by atoms with van der Waals surface area (Å²) in [5.41, 5.74) is 7.18. The Morgan fingerprint density at radius 3 is 3.00 bits per heavy atom.